The predicted octanol–water partition coefficient (Wildman–Crippen LogP) is 0.0995. The fourth-order valence-electron chi connectivity index (χ4n) is 1.19. The summed E-state index contributed by atoms with van der Waals surface area (Å²) in [5, 5.41) is 24.3. The van der Waals surface area contributed by atoms with E-state index in [2.05, 4.69) is 9.68 Å². The van der Waals surface area contributed by atoms with E-state index in [0.717, 1.165) is 6.07 Å². The van der Waals surface area contributed by atoms with Gasteiger partial charge in [-0.1, -0.05) is 5.16 Å². The summed E-state index contributed by atoms with van der Waals surface area (Å²) in [7, 11) is 0. The molecule has 0 aliphatic heterocycles. The first-order chi connectivity index (χ1) is 7.09. The molecular formula is C8H3N2O5-. The van der Waals surface area contributed by atoms with Crippen molar-refractivity contribution in [2.24, 2.45) is 0 Å². The second kappa shape index (κ2) is 3.05. The maximum absolute atomic E-state index is 10.5. The lowest BCUT2D eigenvalue weighted by Gasteiger charge is -1.94. The molecule has 0 aliphatic carbocycles. The number of aromatic nitrogens is 1. The maximum Gasteiger partial charge on any atom is 0.273 e. The number of hydrogen-bond donors (Lipinski definition) is 0. The highest BCUT2D eigenvalue weighted by molar-refractivity contribution is 5.99. The average Bonchev–Trinajstić information content (AvgIpc) is 2.59. The van der Waals surface area contributed by atoms with Crippen molar-refractivity contribution >= 4 is 22.6 Å². The summed E-state index contributed by atoms with van der Waals surface area (Å²) in [6, 6.07) is 3.54. The molecule has 0 unspecified atom stereocenters. The molecule has 0 aliphatic rings. The van der Waals surface area contributed by atoms with Gasteiger partial charge in [0.05, 0.1) is 22.3 Å². The molecule has 7 heteroatoms. The molecule has 1 aromatic carbocycles. The molecule has 2 rings (SSSR count). The minimum absolute atomic E-state index is 0.0448. The molecule has 0 fully saturated rings. The topological polar surface area (TPSA) is 109 Å². The van der Waals surface area contributed by atoms with Gasteiger partial charge < -0.3 is 14.4 Å². The van der Waals surface area contributed by atoms with Crippen molar-refractivity contribution in [2.45, 2.75) is 0 Å². The highest BCUT2D eigenvalue weighted by Gasteiger charge is 2.13. The van der Waals surface area contributed by atoms with Gasteiger partial charge >= 0.3 is 0 Å². The maximum atomic E-state index is 10.5. The first-order valence-electron chi connectivity index (χ1n) is 3.85. The first-order valence-corrected chi connectivity index (χ1v) is 3.85. The van der Waals surface area contributed by atoms with Crippen molar-refractivity contribution in [3.05, 3.63) is 34.0 Å². The predicted molar refractivity (Wildman–Crippen MR) is 45.0 cm³/mol. The van der Waals surface area contributed by atoms with Crippen LogP contribution >= 0.6 is 0 Å². The van der Waals surface area contributed by atoms with Crippen LogP contribution in [0, 0.1) is 10.1 Å². The fourth-order valence-corrected chi connectivity index (χ4v) is 1.19. The van der Waals surface area contributed by atoms with Gasteiger partial charge in [-0.15, -0.1) is 0 Å². The van der Waals surface area contributed by atoms with Crippen LogP contribution in [0.3, 0.4) is 0 Å². The first kappa shape index (κ1) is 9.13. The van der Waals surface area contributed by atoms with E-state index in [0.29, 0.717) is 0 Å². The van der Waals surface area contributed by atoms with Crippen LogP contribution in [-0.4, -0.2) is 16.0 Å². The molecule has 0 amide bonds. The second-order valence-corrected chi connectivity index (χ2v) is 2.76. The molecule has 1 aromatic heterocycles. The Morgan fingerprint density at radius 3 is 2.80 bits per heavy atom. The summed E-state index contributed by atoms with van der Waals surface area (Å²) in [6.45, 7) is 0. The Balaban J connectivity index is 2.66. The number of benzene rings is 1. The molecule has 0 N–H and O–H groups in total. The molecule has 0 saturated carbocycles. The molecule has 2 aromatic rings. The zero-order chi connectivity index (χ0) is 11.0. The van der Waals surface area contributed by atoms with E-state index in [4.69, 9.17) is 0 Å². The molecule has 15 heavy (non-hydrogen) atoms. The van der Waals surface area contributed by atoms with Gasteiger partial charge in [-0.2, -0.15) is 0 Å². The number of non-ortho nitro benzene ring substituents is 1. The molecule has 0 bridgehead atoms. The zero-order valence-electron chi connectivity index (χ0n) is 7.17. The third-order valence-corrected chi connectivity index (χ3v) is 1.86. The van der Waals surface area contributed by atoms with E-state index < -0.39 is 10.9 Å². The number of carboxylic acid groups (broad SMARTS) is 1. The van der Waals surface area contributed by atoms with E-state index in [-0.39, 0.29) is 22.4 Å². The monoisotopic (exact) mass is 207 g/mol. The SMILES string of the molecule is O=C([O-])c1noc2cc([N+](=O)[O-])ccc12. The lowest BCUT2D eigenvalue weighted by atomic mass is 10.2. The van der Waals surface area contributed by atoms with Crippen molar-refractivity contribution in [1.82, 2.24) is 5.16 Å². The molecule has 76 valence electrons. The zero-order valence-corrected chi connectivity index (χ0v) is 7.17. The Bertz CT molecular complexity index is 559. The minimum atomic E-state index is -1.48. The summed E-state index contributed by atoms with van der Waals surface area (Å²) in [4.78, 5) is 20.3. The smallest absolute Gasteiger partial charge is 0.273 e. The third-order valence-electron chi connectivity index (χ3n) is 1.86. The number of fused-ring (bicyclic) bond motifs is 1. The quantitative estimate of drug-likeness (QED) is 0.510. The summed E-state index contributed by atoms with van der Waals surface area (Å²) in [5.74, 6) is -1.48. The van der Waals surface area contributed by atoms with Crippen molar-refractivity contribution in [3.8, 4) is 0 Å². The lowest BCUT2D eigenvalue weighted by molar-refractivity contribution is -0.384. The number of carbonyl (C=O) groups excluding carboxylic acids is 1. The van der Waals surface area contributed by atoms with Crippen LogP contribution in [0.15, 0.2) is 22.7 Å². The van der Waals surface area contributed by atoms with Crippen LogP contribution in [0.4, 0.5) is 5.69 Å². The number of aromatic carboxylic acids is 1. The van der Waals surface area contributed by atoms with E-state index >= 15 is 0 Å². The number of nitrogens with zero attached hydrogens (tertiary/aromatic N) is 2. The summed E-state index contributed by atoms with van der Waals surface area (Å²) in [5.41, 5.74) is -0.508. The molecule has 0 saturated heterocycles. The standard InChI is InChI=1S/C8H4N2O5/c11-8(12)7-5-2-1-4(10(13)14)3-6(5)15-9-7/h1-3H,(H,11,12)/p-1. The lowest BCUT2D eigenvalue weighted by Crippen LogP contribution is -2.22. The van der Waals surface area contributed by atoms with Gasteiger partial charge in [-0.3, -0.25) is 10.1 Å². The number of nitro groups is 1. The fraction of sp³-hybridized carbons (Fsp3) is 0. The van der Waals surface area contributed by atoms with Gasteiger partial charge in [0.2, 0.25) is 0 Å². The van der Waals surface area contributed by atoms with E-state index in [1.165, 1.54) is 12.1 Å². The number of hydrogen-bond acceptors (Lipinski definition) is 6. The highest BCUT2D eigenvalue weighted by Crippen LogP contribution is 2.22. The molecule has 0 atom stereocenters. The number of carboxylic acids is 1. The van der Waals surface area contributed by atoms with Crippen molar-refractivity contribution < 1.29 is 19.3 Å². The van der Waals surface area contributed by atoms with E-state index in [1.54, 1.807) is 0 Å². The van der Waals surface area contributed by atoms with Crippen LogP contribution in [0.5, 0.6) is 0 Å². The Hall–Kier alpha value is -2.44. The van der Waals surface area contributed by atoms with Crippen LogP contribution in [0.25, 0.3) is 11.0 Å². The molecular weight excluding hydrogens is 204 g/mol. The molecule has 0 spiro atoms. The number of nitro benzene ring substituents is 1. The molecule has 7 nitrogen and oxygen atoms in total. The van der Waals surface area contributed by atoms with E-state index in [9.17, 15) is 20.0 Å². The minimum Gasteiger partial charge on any atom is -0.543 e. The van der Waals surface area contributed by atoms with Crippen LogP contribution in [0.2, 0.25) is 0 Å². The Labute approximate surface area is 82.1 Å². The van der Waals surface area contributed by atoms with Gasteiger partial charge in [-0.25, -0.2) is 0 Å². The van der Waals surface area contributed by atoms with Crippen molar-refractivity contribution in [2.75, 3.05) is 0 Å². The van der Waals surface area contributed by atoms with Gasteiger partial charge in [0.25, 0.3) is 5.69 Å². The van der Waals surface area contributed by atoms with Gasteiger partial charge in [0, 0.05) is 6.07 Å². The van der Waals surface area contributed by atoms with Crippen LogP contribution in [-0.2, 0) is 0 Å². The average molecular weight is 207 g/mol. The third kappa shape index (κ3) is 1.39. The Morgan fingerprint density at radius 2 is 2.20 bits per heavy atom. The largest absolute Gasteiger partial charge is 0.543 e. The number of rotatable bonds is 2. The van der Waals surface area contributed by atoms with E-state index in [1.807, 2.05) is 0 Å². The highest BCUT2D eigenvalue weighted by atomic mass is 16.6. The van der Waals surface area contributed by atoms with Gasteiger partial charge in [0.15, 0.2) is 5.58 Å². The normalized spacial score (nSPS) is 10.4. The number of carbonyl (C=O) groups is 1. The molecule has 1 heterocycles. The van der Waals surface area contributed by atoms with Gasteiger partial charge in [-0.05, 0) is 6.07 Å². The van der Waals surface area contributed by atoms with Crippen molar-refractivity contribution in [1.29, 1.82) is 0 Å². The summed E-state index contributed by atoms with van der Waals surface area (Å²) < 4.78 is 4.63. The second-order valence-electron chi connectivity index (χ2n) is 2.76. The Morgan fingerprint density at radius 1 is 1.47 bits per heavy atom. The van der Waals surface area contributed by atoms with Crippen LogP contribution in [0.1, 0.15) is 10.5 Å². The van der Waals surface area contributed by atoms with Crippen LogP contribution < -0.4 is 5.11 Å². The molecule has 0 radical (unpaired) electrons. The van der Waals surface area contributed by atoms with Gasteiger partial charge in [0.1, 0.15) is 5.69 Å². The Kier molecular flexibility index (Phi) is 1.86. The summed E-state index contributed by atoms with van der Waals surface area (Å²) in [6.07, 6.45) is 0. The van der Waals surface area contributed by atoms with Crippen molar-refractivity contribution in [3.63, 3.8) is 0 Å². The summed E-state index contributed by atoms with van der Waals surface area (Å²) >= 11 is 0.